The van der Waals surface area contributed by atoms with Gasteiger partial charge in [-0.3, -0.25) is 4.79 Å². The maximum atomic E-state index is 10.2. The predicted octanol–water partition coefficient (Wildman–Crippen LogP) is 1.17. The summed E-state index contributed by atoms with van der Waals surface area (Å²) in [5.41, 5.74) is 0.0278. The summed E-state index contributed by atoms with van der Waals surface area (Å²) >= 11 is 4.92. The van der Waals surface area contributed by atoms with Crippen LogP contribution in [0.4, 0.5) is 0 Å². The SMILES string of the molecule is CC/C(=C/C(=O)Cl)C(=O)O. The molecule has 0 unspecified atom stereocenters. The van der Waals surface area contributed by atoms with Gasteiger partial charge < -0.3 is 5.11 Å². The number of carboxylic acid groups (broad SMARTS) is 1. The van der Waals surface area contributed by atoms with Gasteiger partial charge in [-0.05, 0) is 18.0 Å². The molecular weight excluding hydrogens is 156 g/mol. The molecule has 0 fully saturated rings. The van der Waals surface area contributed by atoms with E-state index in [-0.39, 0.29) is 5.57 Å². The summed E-state index contributed by atoms with van der Waals surface area (Å²) < 4.78 is 0. The Kier molecular flexibility index (Phi) is 3.72. The molecule has 0 aromatic heterocycles. The van der Waals surface area contributed by atoms with Crippen molar-refractivity contribution in [3.63, 3.8) is 0 Å². The molecule has 0 aliphatic rings. The highest BCUT2D eigenvalue weighted by molar-refractivity contribution is 6.66. The zero-order valence-corrected chi connectivity index (χ0v) is 6.18. The molecule has 0 amide bonds. The number of hydrogen-bond acceptors (Lipinski definition) is 2. The van der Waals surface area contributed by atoms with E-state index in [4.69, 9.17) is 16.7 Å². The summed E-state index contributed by atoms with van der Waals surface area (Å²) in [5.74, 6) is -1.10. The van der Waals surface area contributed by atoms with Gasteiger partial charge in [-0.2, -0.15) is 0 Å². The molecule has 0 heterocycles. The lowest BCUT2D eigenvalue weighted by atomic mass is 10.2. The van der Waals surface area contributed by atoms with E-state index >= 15 is 0 Å². The van der Waals surface area contributed by atoms with Crippen molar-refractivity contribution in [1.29, 1.82) is 0 Å². The molecule has 0 rings (SSSR count). The number of hydrogen-bond donors (Lipinski definition) is 1. The van der Waals surface area contributed by atoms with Crippen molar-refractivity contribution in [1.82, 2.24) is 0 Å². The molecule has 0 aromatic carbocycles. The van der Waals surface area contributed by atoms with Crippen molar-refractivity contribution in [3.05, 3.63) is 11.6 Å². The summed E-state index contributed by atoms with van der Waals surface area (Å²) in [7, 11) is 0. The molecule has 0 bridgehead atoms. The maximum Gasteiger partial charge on any atom is 0.331 e. The molecule has 4 heteroatoms. The third-order valence-corrected chi connectivity index (χ3v) is 1.05. The number of rotatable bonds is 3. The topological polar surface area (TPSA) is 54.4 Å². The van der Waals surface area contributed by atoms with E-state index in [9.17, 15) is 9.59 Å². The van der Waals surface area contributed by atoms with Crippen LogP contribution in [0.2, 0.25) is 0 Å². The largest absolute Gasteiger partial charge is 0.478 e. The van der Waals surface area contributed by atoms with Gasteiger partial charge in [0.05, 0.1) is 0 Å². The molecule has 0 saturated heterocycles. The molecule has 1 N–H and O–H groups in total. The lowest BCUT2D eigenvalue weighted by Gasteiger charge is -1.92. The van der Waals surface area contributed by atoms with Gasteiger partial charge in [0.2, 0.25) is 5.24 Å². The standard InChI is InChI=1S/C6H7ClO3/c1-2-4(6(9)10)3-5(7)8/h3H,2H2,1H3,(H,9,10)/b4-3-. The average molecular weight is 163 g/mol. The number of aliphatic carboxylic acids is 1. The van der Waals surface area contributed by atoms with E-state index in [1.807, 2.05) is 0 Å². The van der Waals surface area contributed by atoms with E-state index in [1.54, 1.807) is 6.92 Å². The van der Waals surface area contributed by atoms with Crippen molar-refractivity contribution >= 4 is 22.8 Å². The Hall–Kier alpha value is -0.830. The summed E-state index contributed by atoms with van der Waals surface area (Å²) in [4.78, 5) is 20.3. The Balaban J connectivity index is 4.34. The molecule has 56 valence electrons. The number of halogens is 1. The lowest BCUT2D eigenvalue weighted by Crippen LogP contribution is -2.00. The van der Waals surface area contributed by atoms with Crippen LogP contribution in [-0.4, -0.2) is 16.3 Å². The van der Waals surface area contributed by atoms with E-state index < -0.39 is 11.2 Å². The molecule has 0 aliphatic carbocycles. The molecule has 3 nitrogen and oxygen atoms in total. The van der Waals surface area contributed by atoms with Gasteiger partial charge in [0, 0.05) is 11.6 Å². The number of carboxylic acids is 1. The molecule has 0 atom stereocenters. The highest BCUT2D eigenvalue weighted by Crippen LogP contribution is 2.01. The van der Waals surface area contributed by atoms with Crippen LogP contribution in [0.15, 0.2) is 11.6 Å². The molecular formula is C6H7ClO3. The first-order valence-corrected chi connectivity index (χ1v) is 3.09. The Morgan fingerprint density at radius 2 is 2.10 bits per heavy atom. The zero-order chi connectivity index (χ0) is 8.15. The minimum Gasteiger partial charge on any atom is -0.478 e. The molecule has 0 radical (unpaired) electrons. The molecule has 0 spiro atoms. The molecule has 0 saturated carbocycles. The summed E-state index contributed by atoms with van der Waals surface area (Å²) in [5, 5.41) is 7.59. The number of allylic oxidation sites excluding steroid dienone is 1. The minimum absolute atomic E-state index is 0.0278. The Morgan fingerprint density at radius 3 is 2.20 bits per heavy atom. The molecule has 10 heavy (non-hydrogen) atoms. The van der Waals surface area contributed by atoms with Crippen LogP contribution in [0, 0.1) is 0 Å². The van der Waals surface area contributed by atoms with Crippen molar-refractivity contribution < 1.29 is 14.7 Å². The third kappa shape index (κ3) is 3.25. The summed E-state index contributed by atoms with van der Waals surface area (Å²) in [6, 6.07) is 0. The maximum absolute atomic E-state index is 10.2. The summed E-state index contributed by atoms with van der Waals surface area (Å²) in [6.07, 6.45) is 1.21. The third-order valence-electron chi connectivity index (χ3n) is 0.943. The fourth-order valence-electron chi connectivity index (χ4n) is 0.452. The van der Waals surface area contributed by atoms with E-state index in [0.29, 0.717) is 6.42 Å². The van der Waals surface area contributed by atoms with Crippen molar-refractivity contribution in [2.75, 3.05) is 0 Å². The van der Waals surface area contributed by atoms with Gasteiger partial charge in [-0.15, -0.1) is 0 Å². The quantitative estimate of drug-likeness (QED) is 0.501. The van der Waals surface area contributed by atoms with Gasteiger partial charge in [0.25, 0.3) is 0 Å². The van der Waals surface area contributed by atoms with E-state index in [0.717, 1.165) is 6.08 Å². The van der Waals surface area contributed by atoms with Crippen LogP contribution in [0.3, 0.4) is 0 Å². The van der Waals surface area contributed by atoms with Crippen LogP contribution in [-0.2, 0) is 9.59 Å². The number of carbonyl (C=O) groups excluding carboxylic acids is 1. The van der Waals surface area contributed by atoms with Crippen LogP contribution >= 0.6 is 11.6 Å². The molecule has 0 aliphatic heterocycles. The van der Waals surface area contributed by atoms with E-state index in [1.165, 1.54) is 0 Å². The first-order valence-electron chi connectivity index (χ1n) is 2.71. The normalized spacial score (nSPS) is 11.2. The highest BCUT2D eigenvalue weighted by Gasteiger charge is 2.04. The van der Waals surface area contributed by atoms with Crippen LogP contribution in [0.1, 0.15) is 13.3 Å². The lowest BCUT2D eigenvalue weighted by molar-refractivity contribution is -0.133. The Morgan fingerprint density at radius 1 is 1.60 bits per heavy atom. The molecule has 0 aromatic rings. The van der Waals surface area contributed by atoms with Crippen molar-refractivity contribution in [2.45, 2.75) is 13.3 Å². The monoisotopic (exact) mass is 162 g/mol. The van der Waals surface area contributed by atoms with Gasteiger partial charge in [-0.1, -0.05) is 6.92 Å². The zero-order valence-electron chi connectivity index (χ0n) is 5.43. The fourth-order valence-corrected chi connectivity index (χ4v) is 0.584. The fraction of sp³-hybridized carbons (Fsp3) is 0.333. The Bertz CT molecular complexity index is 183. The van der Waals surface area contributed by atoms with Gasteiger partial charge in [0.1, 0.15) is 0 Å². The van der Waals surface area contributed by atoms with Crippen LogP contribution in [0.5, 0.6) is 0 Å². The number of carbonyl (C=O) groups is 2. The van der Waals surface area contributed by atoms with Crippen LogP contribution < -0.4 is 0 Å². The van der Waals surface area contributed by atoms with Gasteiger partial charge >= 0.3 is 5.97 Å². The summed E-state index contributed by atoms with van der Waals surface area (Å²) in [6.45, 7) is 1.64. The predicted molar refractivity (Wildman–Crippen MR) is 36.9 cm³/mol. The first-order chi connectivity index (χ1) is 4.57. The van der Waals surface area contributed by atoms with Gasteiger partial charge in [0.15, 0.2) is 0 Å². The van der Waals surface area contributed by atoms with Gasteiger partial charge in [-0.25, -0.2) is 4.79 Å². The van der Waals surface area contributed by atoms with Crippen molar-refractivity contribution in [2.24, 2.45) is 0 Å². The second-order valence-corrected chi connectivity index (χ2v) is 2.00. The van der Waals surface area contributed by atoms with Crippen LogP contribution in [0.25, 0.3) is 0 Å². The Labute approximate surface area is 63.3 Å². The first kappa shape index (κ1) is 9.17. The van der Waals surface area contributed by atoms with Crippen molar-refractivity contribution in [3.8, 4) is 0 Å². The average Bonchev–Trinajstić information content (AvgIpc) is 1.81. The highest BCUT2D eigenvalue weighted by atomic mass is 35.5. The smallest absolute Gasteiger partial charge is 0.331 e. The second-order valence-electron chi connectivity index (χ2n) is 1.63. The second kappa shape index (κ2) is 4.06. The van der Waals surface area contributed by atoms with E-state index in [2.05, 4.69) is 0 Å². The minimum atomic E-state index is -1.10.